The lowest BCUT2D eigenvalue weighted by molar-refractivity contribution is 0.418. The van der Waals surface area contributed by atoms with E-state index < -0.39 is 0 Å². The Morgan fingerprint density at radius 2 is 2.12 bits per heavy atom. The van der Waals surface area contributed by atoms with Crippen molar-refractivity contribution in [1.82, 2.24) is 5.32 Å². The maximum atomic E-state index is 3.64. The normalized spacial score (nSPS) is 17.8. The van der Waals surface area contributed by atoms with E-state index in [4.69, 9.17) is 0 Å². The predicted molar refractivity (Wildman–Crippen MR) is 74.4 cm³/mol. The average molecular weight is 231 g/mol. The third kappa shape index (κ3) is 3.10. The van der Waals surface area contributed by atoms with Crippen LogP contribution in [0.5, 0.6) is 0 Å². The Morgan fingerprint density at radius 3 is 2.71 bits per heavy atom. The molecule has 0 bridgehead atoms. The minimum atomic E-state index is 0.537. The molecule has 0 saturated heterocycles. The molecule has 1 N–H and O–H groups in total. The Balaban J connectivity index is 2.07. The third-order valence-corrected chi connectivity index (χ3v) is 3.94. The fraction of sp³-hybridized carbons (Fsp3) is 0.625. The van der Waals surface area contributed by atoms with Gasteiger partial charge >= 0.3 is 0 Å². The van der Waals surface area contributed by atoms with Crippen LogP contribution in [0.4, 0.5) is 0 Å². The number of benzene rings is 1. The molecule has 0 heterocycles. The molecule has 2 rings (SSSR count). The third-order valence-electron chi connectivity index (χ3n) is 3.94. The van der Waals surface area contributed by atoms with E-state index in [-0.39, 0.29) is 0 Å². The van der Waals surface area contributed by atoms with Crippen LogP contribution in [0, 0.1) is 0 Å². The zero-order valence-electron chi connectivity index (χ0n) is 11.2. The topological polar surface area (TPSA) is 12.0 Å². The summed E-state index contributed by atoms with van der Waals surface area (Å²) in [6.07, 6.45) is 6.58. The molecule has 0 aromatic heterocycles. The van der Waals surface area contributed by atoms with Gasteiger partial charge in [-0.05, 0) is 49.3 Å². The first-order valence-electron chi connectivity index (χ1n) is 7.18. The van der Waals surface area contributed by atoms with Gasteiger partial charge in [0.05, 0.1) is 0 Å². The first-order chi connectivity index (χ1) is 8.35. The second-order valence-corrected chi connectivity index (χ2v) is 5.21. The fourth-order valence-corrected chi connectivity index (χ4v) is 2.59. The largest absolute Gasteiger partial charge is 0.310 e. The van der Waals surface area contributed by atoms with Gasteiger partial charge in [-0.2, -0.15) is 0 Å². The van der Waals surface area contributed by atoms with Crippen molar-refractivity contribution in [2.24, 2.45) is 0 Å². The monoisotopic (exact) mass is 231 g/mol. The average Bonchev–Trinajstić information content (AvgIpc) is 2.28. The summed E-state index contributed by atoms with van der Waals surface area (Å²) < 4.78 is 0. The molecule has 1 unspecified atom stereocenters. The van der Waals surface area contributed by atoms with Crippen LogP contribution in [0.2, 0.25) is 0 Å². The Kier molecular flexibility index (Phi) is 4.61. The smallest absolute Gasteiger partial charge is 0.0317 e. The van der Waals surface area contributed by atoms with Crippen molar-refractivity contribution in [2.45, 2.75) is 57.9 Å². The minimum Gasteiger partial charge on any atom is -0.310 e. The molecule has 17 heavy (non-hydrogen) atoms. The van der Waals surface area contributed by atoms with Gasteiger partial charge in [0.2, 0.25) is 0 Å². The summed E-state index contributed by atoms with van der Waals surface area (Å²) in [5.74, 6) is 0.846. The lowest BCUT2D eigenvalue weighted by Crippen LogP contribution is -2.21. The summed E-state index contributed by atoms with van der Waals surface area (Å²) in [5.41, 5.74) is 3.04. The molecule has 1 aromatic carbocycles. The molecule has 1 aromatic rings. The van der Waals surface area contributed by atoms with Gasteiger partial charge < -0.3 is 5.32 Å². The SMILES string of the molecule is CCCNC(CC)c1cccc(C2CCC2)c1. The molecule has 1 aliphatic rings. The van der Waals surface area contributed by atoms with Crippen molar-refractivity contribution < 1.29 is 0 Å². The Morgan fingerprint density at radius 1 is 1.29 bits per heavy atom. The van der Waals surface area contributed by atoms with Gasteiger partial charge in [-0.25, -0.2) is 0 Å². The molecule has 0 radical (unpaired) electrons. The lowest BCUT2D eigenvalue weighted by Gasteiger charge is -2.27. The molecular formula is C16H25N. The molecule has 94 valence electrons. The quantitative estimate of drug-likeness (QED) is 0.765. The van der Waals surface area contributed by atoms with Crippen molar-refractivity contribution in [3.05, 3.63) is 35.4 Å². The number of rotatable bonds is 6. The van der Waals surface area contributed by atoms with E-state index in [0.29, 0.717) is 6.04 Å². The van der Waals surface area contributed by atoms with Crippen LogP contribution in [0.1, 0.15) is 69.0 Å². The maximum absolute atomic E-state index is 3.64. The molecule has 1 aliphatic carbocycles. The van der Waals surface area contributed by atoms with Crippen molar-refractivity contribution >= 4 is 0 Å². The maximum Gasteiger partial charge on any atom is 0.0317 e. The Hall–Kier alpha value is -0.820. The zero-order chi connectivity index (χ0) is 12.1. The van der Waals surface area contributed by atoms with Gasteiger partial charge in [-0.15, -0.1) is 0 Å². The van der Waals surface area contributed by atoms with Crippen LogP contribution in [-0.2, 0) is 0 Å². The summed E-state index contributed by atoms with van der Waals surface area (Å²) in [6.45, 7) is 5.61. The lowest BCUT2D eigenvalue weighted by atomic mass is 9.79. The van der Waals surface area contributed by atoms with Crippen LogP contribution >= 0.6 is 0 Å². The summed E-state index contributed by atoms with van der Waals surface area (Å²) in [6, 6.07) is 9.79. The second kappa shape index (κ2) is 6.20. The van der Waals surface area contributed by atoms with Crippen LogP contribution < -0.4 is 5.32 Å². The molecule has 1 nitrogen and oxygen atoms in total. The molecule has 0 amide bonds. The molecular weight excluding hydrogens is 206 g/mol. The van der Waals surface area contributed by atoms with Gasteiger partial charge in [-0.3, -0.25) is 0 Å². The number of hydrogen-bond donors (Lipinski definition) is 1. The van der Waals surface area contributed by atoms with Crippen LogP contribution in [-0.4, -0.2) is 6.54 Å². The van der Waals surface area contributed by atoms with E-state index in [1.54, 1.807) is 5.56 Å². The van der Waals surface area contributed by atoms with Crippen molar-refractivity contribution in [3.63, 3.8) is 0 Å². The van der Waals surface area contributed by atoms with Crippen molar-refractivity contribution in [2.75, 3.05) is 6.54 Å². The van der Waals surface area contributed by atoms with Gasteiger partial charge in [0, 0.05) is 6.04 Å². The zero-order valence-corrected chi connectivity index (χ0v) is 11.2. The summed E-state index contributed by atoms with van der Waals surface area (Å²) >= 11 is 0. The predicted octanol–water partition coefficient (Wildman–Crippen LogP) is 4.40. The molecule has 1 atom stereocenters. The number of hydrogen-bond acceptors (Lipinski definition) is 1. The highest BCUT2D eigenvalue weighted by molar-refractivity contribution is 5.29. The highest BCUT2D eigenvalue weighted by Gasteiger charge is 2.20. The second-order valence-electron chi connectivity index (χ2n) is 5.21. The van der Waals surface area contributed by atoms with Gasteiger partial charge in [0.25, 0.3) is 0 Å². The van der Waals surface area contributed by atoms with E-state index in [1.807, 2.05) is 0 Å². The highest BCUT2D eigenvalue weighted by atomic mass is 14.9. The Labute approximate surface area is 106 Å². The molecule has 0 spiro atoms. The molecule has 0 aliphatic heterocycles. The van der Waals surface area contributed by atoms with E-state index in [1.165, 1.54) is 37.7 Å². The first-order valence-corrected chi connectivity index (χ1v) is 7.18. The summed E-state index contributed by atoms with van der Waals surface area (Å²) in [5, 5.41) is 3.64. The minimum absolute atomic E-state index is 0.537. The highest BCUT2D eigenvalue weighted by Crippen LogP contribution is 2.37. The molecule has 1 saturated carbocycles. The van der Waals surface area contributed by atoms with Gasteiger partial charge in [-0.1, -0.05) is 44.5 Å². The van der Waals surface area contributed by atoms with E-state index >= 15 is 0 Å². The Bertz CT molecular complexity index is 341. The fourth-order valence-electron chi connectivity index (χ4n) is 2.59. The van der Waals surface area contributed by atoms with E-state index in [2.05, 4.69) is 43.4 Å². The summed E-state index contributed by atoms with van der Waals surface area (Å²) in [4.78, 5) is 0. The van der Waals surface area contributed by atoms with Gasteiger partial charge in [0.1, 0.15) is 0 Å². The van der Waals surface area contributed by atoms with E-state index in [0.717, 1.165) is 12.5 Å². The standard InChI is InChI=1S/C16H25N/c1-3-11-17-16(4-2)15-10-6-9-14(12-15)13-7-5-8-13/h6,9-10,12-13,16-17H,3-5,7-8,11H2,1-2H3. The number of nitrogens with one attached hydrogen (secondary N) is 1. The van der Waals surface area contributed by atoms with E-state index in [9.17, 15) is 0 Å². The molecule has 1 fully saturated rings. The van der Waals surface area contributed by atoms with Crippen molar-refractivity contribution in [1.29, 1.82) is 0 Å². The van der Waals surface area contributed by atoms with Crippen LogP contribution in [0.15, 0.2) is 24.3 Å². The van der Waals surface area contributed by atoms with Crippen LogP contribution in [0.25, 0.3) is 0 Å². The van der Waals surface area contributed by atoms with Crippen molar-refractivity contribution in [3.8, 4) is 0 Å². The first kappa shape index (κ1) is 12.6. The van der Waals surface area contributed by atoms with Crippen LogP contribution in [0.3, 0.4) is 0 Å². The molecule has 1 heteroatoms. The summed E-state index contributed by atoms with van der Waals surface area (Å²) in [7, 11) is 0. The van der Waals surface area contributed by atoms with Gasteiger partial charge in [0.15, 0.2) is 0 Å².